The number of thiol groups is 1. The number of hydrogen-bond acceptors (Lipinski definition) is 2. The Morgan fingerprint density at radius 2 is 2.38 bits per heavy atom. The third kappa shape index (κ3) is 3.04. The summed E-state index contributed by atoms with van der Waals surface area (Å²) in [5, 5.41) is -0.216. The summed E-state index contributed by atoms with van der Waals surface area (Å²) in [5.41, 5.74) is 5.30. The smallest absolute Gasteiger partial charge is 0.202 e. The maximum atomic E-state index is 10.3. The van der Waals surface area contributed by atoms with Crippen molar-refractivity contribution < 1.29 is 4.79 Å². The molecule has 0 aromatic carbocycles. The summed E-state index contributed by atoms with van der Waals surface area (Å²) in [6.45, 7) is 1.98. The first-order chi connectivity index (χ1) is 3.68. The molecule has 0 bridgehead atoms. The Kier molecular flexibility index (Phi) is 3.91. The minimum atomic E-state index is -0.358. The van der Waals surface area contributed by atoms with Gasteiger partial charge in [0.05, 0.1) is 6.04 Å². The van der Waals surface area contributed by atoms with Crippen LogP contribution in [0.15, 0.2) is 0 Å². The summed E-state index contributed by atoms with van der Waals surface area (Å²) >= 11 is 3.56. The van der Waals surface area contributed by atoms with Gasteiger partial charge in [0, 0.05) is 0 Å². The molecule has 0 aromatic heterocycles. The molecule has 0 saturated heterocycles. The molecule has 3 heteroatoms. The molecule has 2 nitrogen and oxygen atoms in total. The molecule has 0 unspecified atom stereocenters. The van der Waals surface area contributed by atoms with Gasteiger partial charge in [-0.2, -0.15) is 0 Å². The second kappa shape index (κ2) is 3.92. The number of nitrogens with two attached hydrogens (primary N) is 1. The minimum Gasteiger partial charge on any atom is -0.321 e. The van der Waals surface area contributed by atoms with Gasteiger partial charge in [-0.1, -0.05) is 13.3 Å². The lowest BCUT2D eigenvalue weighted by Crippen LogP contribution is -2.26. The molecule has 0 fully saturated rings. The second-order valence-electron chi connectivity index (χ2n) is 1.73. The van der Waals surface area contributed by atoms with E-state index in [0.717, 1.165) is 12.8 Å². The Balaban J connectivity index is 3.32. The Morgan fingerprint density at radius 1 is 1.88 bits per heavy atom. The summed E-state index contributed by atoms with van der Waals surface area (Å²) in [6.07, 6.45) is 1.68. The second-order valence-corrected chi connectivity index (χ2v) is 2.17. The standard InChI is InChI=1S/C5H11NOS/c1-2-3-4(6)5(7)8/h4H,2-3,6H2,1H3,(H,7,8)/t4-/m0/s1. The number of hydrogen-bond donors (Lipinski definition) is 2. The first-order valence-corrected chi connectivity index (χ1v) is 3.11. The van der Waals surface area contributed by atoms with Crippen molar-refractivity contribution in [2.24, 2.45) is 5.73 Å². The summed E-state index contributed by atoms with van der Waals surface area (Å²) in [4.78, 5) is 10.3. The van der Waals surface area contributed by atoms with Gasteiger partial charge in [-0.15, -0.1) is 12.6 Å². The van der Waals surface area contributed by atoms with Crippen LogP contribution < -0.4 is 5.73 Å². The van der Waals surface area contributed by atoms with Crippen LogP contribution in [0, 0.1) is 0 Å². The van der Waals surface area contributed by atoms with E-state index in [1.807, 2.05) is 6.92 Å². The molecule has 0 aliphatic rings. The van der Waals surface area contributed by atoms with Gasteiger partial charge in [-0.3, -0.25) is 4.79 Å². The van der Waals surface area contributed by atoms with Gasteiger partial charge in [0.15, 0.2) is 0 Å². The van der Waals surface area contributed by atoms with Gasteiger partial charge in [0.1, 0.15) is 0 Å². The fraction of sp³-hybridized carbons (Fsp3) is 0.800. The van der Waals surface area contributed by atoms with E-state index in [9.17, 15) is 4.79 Å². The lowest BCUT2D eigenvalue weighted by Gasteiger charge is -2.01. The fourth-order valence-corrected chi connectivity index (χ4v) is 0.564. The first-order valence-electron chi connectivity index (χ1n) is 2.67. The highest BCUT2D eigenvalue weighted by Crippen LogP contribution is 1.95. The molecule has 0 heterocycles. The normalized spacial score (nSPS) is 13.4. The van der Waals surface area contributed by atoms with Crippen LogP contribution in [0.2, 0.25) is 0 Å². The van der Waals surface area contributed by atoms with E-state index in [0.29, 0.717) is 0 Å². The summed E-state index contributed by atoms with van der Waals surface area (Å²) in [6, 6.07) is -0.358. The van der Waals surface area contributed by atoms with Gasteiger partial charge < -0.3 is 5.73 Å². The maximum Gasteiger partial charge on any atom is 0.202 e. The maximum absolute atomic E-state index is 10.3. The van der Waals surface area contributed by atoms with Crippen LogP contribution in [-0.4, -0.2) is 11.2 Å². The number of carbonyl (C=O) groups excluding carboxylic acids is 1. The third-order valence-electron chi connectivity index (χ3n) is 0.917. The fourth-order valence-electron chi connectivity index (χ4n) is 0.434. The highest BCUT2D eigenvalue weighted by atomic mass is 32.1. The predicted octanol–water partition coefficient (Wildman–Crippen LogP) is 0.570. The Labute approximate surface area is 54.9 Å². The van der Waals surface area contributed by atoms with Crippen LogP contribution in [0.25, 0.3) is 0 Å². The Bertz CT molecular complexity index is 84.5. The van der Waals surface area contributed by atoms with Gasteiger partial charge in [-0.25, -0.2) is 0 Å². The molecule has 0 spiro atoms. The van der Waals surface area contributed by atoms with Crippen LogP contribution in [0.5, 0.6) is 0 Å². The summed E-state index contributed by atoms with van der Waals surface area (Å²) in [7, 11) is 0. The van der Waals surface area contributed by atoms with Crippen molar-refractivity contribution in [3.63, 3.8) is 0 Å². The average Bonchev–Trinajstić information content (AvgIpc) is 1.67. The van der Waals surface area contributed by atoms with Crippen molar-refractivity contribution in [3.8, 4) is 0 Å². The molecule has 0 aliphatic carbocycles. The van der Waals surface area contributed by atoms with E-state index in [1.54, 1.807) is 0 Å². The summed E-state index contributed by atoms with van der Waals surface area (Å²) in [5.74, 6) is 0. The van der Waals surface area contributed by atoms with Crippen molar-refractivity contribution >= 4 is 17.7 Å². The predicted molar refractivity (Wildman–Crippen MR) is 36.9 cm³/mol. The van der Waals surface area contributed by atoms with Crippen LogP contribution >= 0.6 is 12.6 Å². The highest BCUT2D eigenvalue weighted by molar-refractivity contribution is 7.96. The zero-order chi connectivity index (χ0) is 6.57. The molecular formula is C5H11NOS. The first kappa shape index (κ1) is 7.98. The van der Waals surface area contributed by atoms with Crippen molar-refractivity contribution in [3.05, 3.63) is 0 Å². The molecule has 48 valence electrons. The largest absolute Gasteiger partial charge is 0.321 e. The van der Waals surface area contributed by atoms with Crippen molar-refractivity contribution in [2.45, 2.75) is 25.8 Å². The lowest BCUT2D eigenvalue weighted by atomic mass is 10.2. The van der Waals surface area contributed by atoms with Gasteiger partial charge in [0.2, 0.25) is 5.12 Å². The lowest BCUT2D eigenvalue weighted by molar-refractivity contribution is -0.112. The Hall–Kier alpha value is -0.0200. The Morgan fingerprint density at radius 3 is 2.50 bits per heavy atom. The summed E-state index contributed by atoms with van der Waals surface area (Å²) < 4.78 is 0. The van der Waals surface area contributed by atoms with E-state index in [-0.39, 0.29) is 11.2 Å². The van der Waals surface area contributed by atoms with Crippen LogP contribution in [0.1, 0.15) is 19.8 Å². The molecule has 0 amide bonds. The molecule has 0 aromatic rings. The van der Waals surface area contributed by atoms with Crippen molar-refractivity contribution in [1.29, 1.82) is 0 Å². The third-order valence-corrected chi connectivity index (χ3v) is 1.25. The number of carbonyl (C=O) groups is 1. The SMILES string of the molecule is CCC[C@H](N)C(=O)S. The molecule has 0 rings (SSSR count). The van der Waals surface area contributed by atoms with E-state index in [4.69, 9.17) is 5.73 Å². The van der Waals surface area contributed by atoms with Gasteiger partial charge >= 0.3 is 0 Å². The molecular weight excluding hydrogens is 122 g/mol. The zero-order valence-corrected chi connectivity index (χ0v) is 5.82. The van der Waals surface area contributed by atoms with Crippen molar-refractivity contribution in [1.82, 2.24) is 0 Å². The quantitative estimate of drug-likeness (QED) is 0.553. The van der Waals surface area contributed by atoms with E-state index >= 15 is 0 Å². The van der Waals surface area contributed by atoms with Crippen LogP contribution in [0.3, 0.4) is 0 Å². The zero-order valence-electron chi connectivity index (χ0n) is 4.92. The number of rotatable bonds is 3. The van der Waals surface area contributed by atoms with E-state index in [1.165, 1.54) is 0 Å². The van der Waals surface area contributed by atoms with Crippen LogP contribution in [-0.2, 0) is 4.79 Å². The molecule has 8 heavy (non-hydrogen) atoms. The molecule has 0 saturated carbocycles. The molecule has 0 radical (unpaired) electrons. The molecule has 2 N–H and O–H groups in total. The molecule has 1 atom stereocenters. The minimum absolute atomic E-state index is 0.216. The van der Waals surface area contributed by atoms with Gasteiger partial charge in [0.25, 0.3) is 0 Å². The molecule has 0 aliphatic heterocycles. The van der Waals surface area contributed by atoms with Gasteiger partial charge in [-0.05, 0) is 6.42 Å². The monoisotopic (exact) mass is 133 g/mol. The highest BCUT2D eigenvalue weighted by Gasteiger charge is 2.05. The van der Waals surface area contributed by atoms with E-state index in [2.05, 4.69) is 12.6 Å². The van der Waals surface area contributed by atoms with Crippen LogP contribution in [0.4, 0.5) is 0 Å². The topological polar surface area (TPSA) is 43.1 Å². The van der Waals surface area contributed by atoms with E-state index < -0.39 is 0 Å². The average molecular weight is 133 g/mol. The van der Waals surface area contributed by atoms with Crippen molar-refractivity contribution in [2.75, 3.05) is 0 Å².